The monoisotopic (exact) mass is 307 g/mol. The first-order valence-corrected chi connectivity index (χ1v) is 6.57. The zero-order chi connectivity index (χ0) is 16.1. The van der Waals surface area contributed by atoms with Crippen LogP contribution in [0.4, 0.5) is 8.78 Å². The Labute approximate surface area is 126 Å². The minimum atomic E-state index is -1.02. The van der Waals surface area contributed by atoms with Gasteiger partial charge in [0.05, 0.1) is 13.2 Å². The Morgan fingerprint density at radius 3 is 2.50 bits per heavy atom. The van der Waals surface area contributed by atoms with Crippen LogP contribution in [0.3, 0.4) is 0 Å². The van der Waals surface area contributed by atoms with Crippen LogP contribution in [-0.4, -0.2) is 24.7 Å². The zero-order valence-electron chi connectivity index (χ0n) is 11.8. The van der Waals surface area contributed by atoms with Crippen molar-refractivity contribution in [2.75, 3.05) is 13.7 Å². The maximum absolute atomic E-state index is 13.5. The van der Waals surface area contributed by atoms with E-state index in [9.17, 15) is 18.7 Å². The van der Waals surface area contributed by atoms with Crippen LogP contribution in [0.1, 0.15) is 22.0 Å². The van der Waals surface area contributed by atoms with Gasteiger partial charge in [-0.25, -0.2) is 8.78 Å². The summed E-state index contributed by atoms with van der Waals surface area (Å²) in [6.45, 7) is -0.181. The second kappa shape index (κ2) is 7.00. The maximum atomic E-state index is 13.5. The van der Waals surface area contributed by atoms with E-state index >= 15 is 0 Å². The van der Waals surface area contributed by atoms with Gasteiger partial charge < -0.3 is 15.2 Å². The standard InChI is InChI=1S/C16H15F2NO3/c1-22-11-5-2-4-10(8-11)14(20)9-19-16(21)15-12(17)6-3-7-13(15)18/h2-8,14,20H,9H2,1H3,(H,19,21). The first kappa shape index (κ1) is 15.9. The lowest BCUT2D eigenvalue weighted by atomic mass is 10.1. The largest absolute Gasteiger partial charge is 0.497 e. The molecule has 0 aromatic heterocycles. The number of hydrogen-bond donors (Lipinski definition) is 2. The average molecular weight is 307 g/mol. The fourth-order valence-electron chi connectivity index (χ4n) is 1.96. The van der Waals surface area contributed by atoms with Gasteiger partial charge in [0.2, 0.25) is 0 Å². The van der Waals surface area contributed by atoms with Gasteiger partial charge in [0.25, 0.3) is 5.91 Å². The summed E-state index contributed by atoms with van der Waals surface area (Å²) in [5, 5.41) is 12.3. The number of ether oxygens (including phenoxy) is 1. The molecule has 2 N–H and O–H groups in total. The molecule has 22 heavy (non-hydrogen) atoms. The summed E-state index contributed by atoms with van der Waals surface area (Å²) in [5.41, 5.74) is -0.144. The van der Waals surface area contributed by atoms with Crippen LogP contribution < -0.4 is 10.1 Å². The summed E-state index contributed by atoms with van der Waals surface area (Å²) in [5.74, 6) is -2.26. The van der Waals surface area contributed by atoms with Crippen molar-refractivity contribution in [3.8, 4) is 5.75 Å². The van der Waals surface area contributed by atoms with E-state index in [1.54, 1.807) is 24.3 Å². The number of methoxy groups -OCH3 is 1. The zero-order valence-corrected chi connectivity index (χ0v) is 11.8. The minimum Gasteiger partial charge on any atom is -0.497 e. The molecule has 116 valence electrons. The van der Waals surface area contributed by atoms with Crippen molar-refractivity contribution >= 4 is 5.91 Å². The van der Waals surface area contributed by atoms with Crippen molar-refractivity contribution in [3.05, 3.63) is 65.2 Å². The molecule has 0 aliphatic rings. The highest BCUT2D eigenvalue weighted by atomic mass is 19.1. The highest BCUT2D eigenvalue weighted by molar-refractivity contribution is 5.94. The van der Waals surface area contributed by atoms with Crippen molar-refractivity contribution in [2.24, 2.45) is 0 Å². The summed E-state index contributed by atoms with van der Waals surface area (Å²) in [6.07, 6.45) is -1.02. The number of amides is 1. The Kier molecular flexibility index (Phi) is 5.06. The summed E-state index contributed by atoms with van der Waals surface area (Å²) in [4.78, 5) is 11.8. The maximum Gasteiger partial charge on any atom is 0.257 e. The molecule has 0 bridgehead atoms. The molecule has 0 fully saturated rings. The number of halogens is 2. The number of benzene rings is 2. The van der Waals surface area contributed by atoms with Gasteiger partial charge in [-0.1, -0.05) is 18.2 Å². The number of hydrogen-bond acceptors (Lipinski definition) is 3. The molecule has 0 saturated carbocycles. The molecule has 1 unspecified atom stereocenters. The normalized spacial score (nSPS) is 11.8. The van der Waals surface area contributed by atoms with Crippen molar-refractivity contribution in [1.29, 1.82) is 0 Å². The van der Waals surface area contributed by atoms with Gasteiger partial charge in [0.15, 0.2) is 0 Å². The molecule has 1 amide bonds. The third kappa shape index (κ3) is 3.59. The molecular formula is C16H15F2NO3. The molecule has 0 spiro atoms. The van der Waals surface area contributed by atoms with E-state index in [1.807, 2.05) is 0 Å². The van der Waals surface area contributed by atoms with Crippen LogP contribution in [0.25, 0.3) is 0 Å². The number of carbonyl (C=O) groups is 1. The Hall–Kier alpha value is -2.47. The topological polar surface area (TPSA) is 58.6 Å². The predicted molar refractivity (Wildman–Crippen MR) is 76.6 cm³/mol. The average Bonchev–Trinajstić information content (AvgIpc) is 2.52. The predicted octanol–water partition coefficient (Wildman–Crippen LogP) is 2.44. The van der Waals surface area contributed by atoms with Gasteiger partial charge in [-0.05, 0) is 29.8 Å². The van der Waals surface area contributed by atoms with E-state index < -0.39 is 29.2 Å². The lowest BCUT2D eigenvalue weighted by Crippen LogP contribution is -2.29. The van der Waals surface area contributed by atoms with Gasteiger partial charge in [-0.15, -0.1) is 0 Å². The smallest absolute Gasteiger partial charge is 0.257 e. The Balaban J connectivity index is 2.04. The number of aliphatic hydroxyl groups is 1. The summed E-state index contributed by atoms with van der Waals surface area (Å²) in [6, 6.07) is 9.84. The summed E-state index contributed by atoms with van der Waals surface area (Å²) < 4.78 is 32.0. The molecule has 0 aliphatic carbocycles. The quantitative estimate of drug-likeness (QED) is 0.892. The Morgan fingerprint density at radius 1 is 1.23 bits per heavy atom. The Bertz CT molecular complexity index is 656. The van der Waals surface area contributed by atoms with E-state index in [0.717, 1.165) is 12.1 Å². The first-order chi connectivity index (χ1) is 10.5. The third-order valence-electron chi connectivity index (χ3n) is 3.12. The molecule has 2 aromatic rings. The molecule has 6 heteroatoms. The fraction of sp³-hybridized carbons (Fsp3) is 0.188. The lowest BCUT2D eigenvalue weighted by molar-refractivity contribution is 0.0908. The second-order valence-corrected chi connectivity index (χ2v) is 4.60. The molecule has 4 nitrogen and oxygen atoms in total. The SMILES string of the molecule is COc1cccc(C(O)CNC(=O)c2c(F)cccc2F)c1. The van der Waals surface area contributed by atoms with Crippen LogP contribution in [0, 0.1) is 11.6 Å². The minimum absolute atomic E-state index is 0.181. The summed E-state index contributed by atoms with van der Waals surface area (Å²) in [7, 11) is 1.49. The van der Waals surface area contributed by atoms with Gasteiger partial charge in [0.1, 0.15) is 22.9 Å². The lowest BCUT2D eigenvalue weighted by Gasteiger charge is -2.13. The van der Waals surface area contributed by atoms with Gasteiger partial charge in [-0.2, -0.15) is 0 Å². The van der Waals surface area contributed by atoms with E-state index in [4.69, 9.17) is 4.74 Å². The van der Waals surface area contributed by atoms with Gasteiger partial charge in [-0.3, -0.25) is 4.79 Å². The van der Waals surface area contributed by atoms with Crippen LogP contribution in [0.5, 0.6) is 5.75 Å². The van der Waals surface area contributed by atoms with Gasteiger partial charge in [0, 0.05) is 6.54 Å². The molecule has 1 atom stereocenters. The second-order valence-electron chi connectivity index (χ2n) is 4.60. The van der Waals surface area contributed by atoms with Crippen LogP contribution >= 0.6 is 0 Å². The number of rotatable bonds is 5. The molecule has 0 aliphatic heterocycles. The van der Waals surface area contributed by atoms with Crippen molar-refractivity contribution in [2.45, 2.75) is 6.10 Å². The van der Waals surface area contributed by atoms with Crippen molar-refractivity contribution in [1.82, 2.24) is 5.32 Å². The molecule has 2 rings (SSSR count). The van der Waals surface area contributed by atoms with Crippen molar-refractivity contribution < 1.29 is 23.4 Å². The van der Waals surface area contributed by atoms with Crippen molar-refractivity contribution in [3.63, 3.8) is 0 Å². The number of nitrogens with one attached hydrogen (secondary N) is 1. The van der Waals surface area contributed by atoms with Gasteiger partial charge >= 0.3 is 0 Å². The van der Waals surface area contributed by atoms with Crippen LogP contribution in [-0.2, 0) is 0 Å². The van der Waals surface area contributed by atoms with Crippen LogP contribution in [0.15, 0.2) is 42.5 Å². The van der Waals surface area contributed by atoms with E-state index in [0.29, 0.717) is 11.3 Å². The highest BCUT2D eigenvalue weighted by Crippen LogP contribution is 2.19. The molecule has 2 aromatic carbocycles. The Morgan fingerprint density at radius 2 is 1.86 bits per heavy atom. The van der Waals surface area contributed by atoms with E-state index in [-0.39, 0.29) is 6.54 Å². The number of aliphatic hydroxyl groups excluding tert-OH is 1. The fourth-order valence-corrected chi connectivity index (χ4v) is 1.96. The molecule has 0 heterocycles. The third-order valence-corrected chi connectivity index (χ3v) is 3.12. The summed E-state index contributed by atoms with van der Waals surface area (Å²) >= 11 is 0. The van der Waals surface area contributed by atoms with E-state index in [2.05, 4.69) is 5.32 Å². The number of carbonyl (C=O) groups excluding carboxylic acids is 1. The molecule has 0 radical (unpaired) electrons. The highest BCUT2D eigenvalue weighted by Gasteiger charge is 2.18. The van der Waals surface area contributed by atoms with E-state index in [1.165, 1.54) is 13.2 Å². The van der Waals surface area contributed by atoms with Crippen LogP contribution in [0.2, 0.25) is 0 Å². The molecule has 0 saturated heterocycles. The first-order valence-electron chi connectivity index (χ1n) is 6.57. The molecular weight excluding hydrogens is 292 g/mol.